The maximum absolute atomic E-state index is 11.9. The van der Waals surface area contributed by atoms with Crippen LogP contribution in [0.2, 0.25) is 0 Å². The highest BCUT2D eigenvalue weighted by atomic mass is 16.5. The Morgan fingerprint density at radius 1 is 1.00 bits per heavy atom. The maximum atomic E-state index is 11.9. The molecule has 0 amide bonds. The number of carbonyl (C=O) groups is 2. The van der Waals surface area contributed by atoms with E-state index in [9.17, 15) is 9.59 Å². The van der Waals surface area contributed by atoms with Crippen LogP contribution in [0.1, 0.15) is 71.3 Å². The Balaban J connectivity index is 1.80. The summed E-state index contributed by atoms with van der Waals surface area (Å²) in [6.45, 7) is 5.86. The molecule has 0 saturated heterocycles. The van der Waals surface area contributed by atoms with Crippen LogP contribution in [-0.2, 0) is 20.7 Å². The molecule has 1 unspecified atom stereocenters. The minimum atomic E-state index is -0.287. The number of hydrogen-bond donors (Lipinski definition) is 0. The molecule has 1 aromatic carbocycles. The van der Waals surface area contributed by atoms with Crippen LogP contribution in [-0.4, -0.2) is 28.0 Å². The number of hydrogen-bond acceptors (Lipinski definition) is 6. The molecule has 1 aromatic heterocycles. The maximum Gasteiger partial charge on any atom is 0.311 e. The van der Waals surface area contributed by atoms with Gasteiger partial charge in [0.05, 0.1) is 18.5 Å². The normalized spacial score (nSPS) is 12.0. The summed E-state index contributed by atoms with van der Waals surface area (Å²) in [6.07, 6.45) is 13.5. The van der Waals surface area contributed by atoms with E-state index in [4.69, 9.17) is 9.47 Å². The molecular formula is C26H34N2O4. The Morgan fingerprint density at radius 2 is 1.69 bits per heavy atom. The molecule has 0 bridgehead atoms. The average molecular weight is 439 g/mol. The molecule has 0 aliphatic carbocycles. The standard InChI is InChI=1S/C26H34N2O4/c1-4-6-7-8-9-10-11-25(30)32-23-18-27-26(28-19-23)22-16-14-21(15-17-22)13-12-20(3)31-24(29)5-2/h8-9,14-20H,4-7,10-13H2,1-3H3/b9-8+. The fraction of sp³-hybridized carbons (Fsp3) is 0.462. The summed E-state index contributed by atoms with van der Waals surface area (Å²) in [7, 11) is 0. The second-order valence-electron chi connectivity index (χ2n) is 7.76. The first-order valence-corrected chi connectivity index (χ1v) is 11.5. The van der Waals surface area contributed by atoms with E-state index in [-0.39, 0.29) is 18.0 Å². The number of rotatable bonds is 13. The van der Waals surface area contributed by atoms with Crippen LogP contribution < -0.4 is 4.74 Å². The number of ether oxygens (including phenoxy) is 2. The van der Waals surface area contributed by atoms with Crippen molar-refractivity contribution in [2.45, 2.75) is 78.2 Å². The third-order valence-electron chi connectivity index (χ3n) is 4.94. The van der Waals surface area contributed by atoms with Gasteiger partial charge in [0, 0.05) is 18.4 Å². The molecule has 32 heavy (non-hydrogen) atoms. The van der Waals surface area contributed by atoms with Crippen molar-refractivity contribution in [3.8, 4) is 17.1 Å². The van der Waals surface area contributed by atoms with Gasteiger partial charge in [-0.15, -0.1) is 0 Å². The Morgan fingerprint density at radius 3 is 2.34 bits per heavy atom. The van der Waals surface area contributed by atoms with Crippen LogP contribution in [0.4, 0.5) is 0 Å². The van der Waals surface area contributed by atoms with Gasteiger partial charge in [-0.05, 0) is 38.2 Å². The number of carbonyl (C=O) groups excluding carboxylic acids is 2. The van der Waals surface area contributed by atoms with Crippen molar-refractivity contribution in [3.63, 3.8) is 0 Å². The first-order chi connectivity index (χ1) is 15.5. The fourth-order valence-corrected chi connectivity index (χ4v) is 3.02. The lowest BCUT2D eigenvalue weighted by Crippen LogP contribution is -2.14. The molecule has 172 valence electrons. The number of nitrogens with zero attached hydrogens (tertiary/aromatic N) is 2. The lowest BCUT2D eigenvalue weighted by molar-refractivity contribution is -0.148. The van der Waals surface area contributed by atoms with Gasteiger partial charge in [0.25, 0.3) is 0 Å². The van der Waals surface area contributed by atoms with Crippen LogP contribution in [0.3, 0.4) is 0 Å². The van der Waals surface area contributed by atoms with Crippen LogP contribution in [0.15, 0.2) is 48.8 Å². The van der Waals surface area contributed by atoms with Gasteiger partial charge >= 0.3 is 11.9 Å². The van der Waals surface area contributed by atoms with Gasteiger partial charge < -0.3 is 9.47 Å². The molecule has 0 saturated carbocycles. The summed E-state index contributed by atoms with van der Waals surface area (Å²) >= 11 is 0. The van der Waals surface area contributed by atoms with Gasteiger partial charge in [-0.25, -0.2) is 9.97 Å². The van der Waals surface area contributed by atoms with Gasteiger partial charge in [0.15, 0.2) is 11.6 Å². The quantitative estimate of drug-likeness (QED) is 0.222. The molecule has 6 nitrogen and oxygen atoms in total. The zero-order chi connectivity index (χ0) is 23.2. The number of benzene rings is 1. The summed E-state index contributed by atoms with van der Waals surface area (Å²) < 4.78 is 10.6. The molecule has 0 aliphatic heterocycles. The van der Waals surface area contributed by atoms with Gasteiger partial charge in [-0.1, -0.05) is 63.1 Å². The van der Waals surface area contributed by atoms with E-state index < -0.39 is 0 Å². The SMILES string of the molecule is CCCC/C=C/CCC(=O)Oc1cnc(-c2ccc(CCC(C)OC(=O)CC)cc2)nc1. The highest BCUT2D eigenvalue weighted by molar-refractivity contribution is 5.72. The topological polar surface area (TPSA) is 78.4 Å². The van der Waals surface area contributed by atoms with E-state index in [0.717, 1.165) is 30.4 Å². The zero-order valence-electron chi connectivity index (χ0n) is 19.4. The van der Waals surface area contributed by atoms with Crippen LogP contribution >= 0.6 is 0 Å². The highest BCUT2D eigenvalue weighted by Crippen LogP contribution is 2.19. The lowest BCUT2D eigenvalue weighted by atomic mass is 10.1. The Labute approximate surface area is 191 Å². The lowest BCUT2D eigenvalue weighted by Gasteiger charge is -2.12. The number of esters is 2. The Hall–Kier alpha value is -3.02. The van der Waals surface area contributed by atoms with Crippen LogP contribution in [0.5, 0.6) is 5.75 Å². The van der Waals surface area contributed by atoms with Gasteiger partial charge in [0.2, 0.25) is 0 Å². The molecule has 0 spiro atoms. The van der Waals surface area contributed by atoms with Gasteiger partial charge in [-0.3, -0.25) is 9.59 Å². The number of allylic oxidation sites excluding steroid dienone is 2. The molecule has 1 heterocycles. The molecular weight excluding hydrogens is 404 g/mol. The summed E-state index contributed by atoms with van der Waals surface area (Å²) in [4.78, 5) is 31.9. The highest BCUT2D eigenvalue weighted by Gasteiger charge is 2.09. The third kappa shape index (κ3) is 9.41. The predicted octanol–water partition coefficient (Wildman–Crippen LogP) is 5.85. The summed E-state index contributed by atoms with van der Waals surface area (Å²) in [6, 6.07) is 7.97. The Kier molecular flexibility index (Phi) is 11.1. The third-order valence-corrected chi connectivity index (χ3v) is 4.94. The van der Waals surface area contributed by atoms with Crippen molar-refractivity contribution in [1.82, 2.24) is 9.97 Å². The monoisotopic (exact) mass is 438 g/mol. The van der Waals surface area contributed by atoms with Crippen LogP contribution in [0.25, 0.3) is 11.4 Å². The van der Waals surface area contributed by atoms with E-state index in [0.29, 0.717) is 30.8 Å². The van der Waals surface area contributed by atoms with E-state index in [1.807, 2.05) is 37.3 Å². The van der Waals surface area contributed by atoms with E-state index in [1.165, 1.54) is 25.2 Å². The number of unbranched alkanes of at least 4 members (excludes halogenated alkanes) is 2. The van der Waals surface area contributed by atoms with Crippen molar-refractivity contribution < 1.29 is 19.1 Å². The minimum absolute atomic E-state index is 0.0993. The first kappa shape index (κ1) is 25.2. The largest absolute Gasteiger partial charge is 0.463 e. The minimum Gasteiger partial charge on any atom is -0.463 e. The molecule has 0 fully saturated rings. The molecule has 1 atom stereocenters. The summed E-state index contributed by atoms with van der Waals surface area (Å²) in [5.74, 6) is 0.462. The first-order valence-electron chi connectivity index (χ1n) is 11.5. The second kappa shape index (κ2) is 14.1. The van der Waals surface area contributed by atoms with E-state index in [2.05, 4.69) is 23.0 Å². The predicted molar refractivity (Wildman–Crippen MR) is 125 cm³/mol. The van der Waals surface area contributed by atoms with Crippen LogP contribution in [0, 0.1) is 0 Å². The van der Waals surface area contributed by atoms with E-state index in [1.54, 1.807) is 6.92 Å². The fourth-order valence-electron chi connectivity index (χ4n) is 3.02. The summed E-state index contributed by atoms with van der Waals surface area (Å²) in [5, 5.41) is 0. The molecule has 0 N–H and O–H groups in total. The van der Waals surface area contributed by atoms with Crippen molar-refractivity contribution in [2.75, 3.05) is 0 Å². The summed E-state index contributed by atoms with van der Waals surface area (Å²) in [5.41, 5.74) is 2.04. The van der Waals surface area contributed by atoms with E-state index >= 15 is 0 Å². The second-order valence-corrected chi connectivity index (χ2v) is 7.76. The molecule has 0 aliphatic rings. The van der Waals surface area contributed by atoms with Gasteiger partial charge in [0.1, 0.15) is 0 Å². The van der Waals surface area contributed by atoms with Crippen molar-refractivity contribution in [3.05, 3.63) is 54.4 Å². The smallest absolute Gasteiger partial charge is 0.311 e. The van der Waals surface area contributed by atoms with Crippen molar-refractivity contribution in [2.24, 2.45) is 0 Å². The molecule has 2 rings (SSSR count). The Bertz CT molecular complexity index is 860. The van der Waals surface area contributed by atoms with Crippen molar-refractivity contribution in [1.29, 1.82) is 0 Å². The van der Waals surface area contributed by atoms with Crippen molar-refractivity contribution >= 4 is 11.9 Å². The molecule has 2 aromatic rings. The number of aryl methyl sites for hydroxylation is 1. The molecule has 0 radical (unpaired) electrons. The zero-order valence-corrected chi connectivity index (χ0v) is 19.4. The van der Waals surface area contributed by atoms with Gasteiger partial charge in [-0.2, -0.15) is 0 Å². The molecule has 6 heteroatoms. The average Bonchev–Trinajstić information content (AvgIpc) is 2.81. The number of aromatic nitrogens is 2.